The monoisotopic (exact) mass is 482 g/mol. The number of thioether (sulfide) groups is 1. The van der Waals surface area contributed by atoms with Gasteiger partial charge >= 0.3 is 0 Å². The molecule has 0 unspecified atom stereocenters. The summed E-state index contributed by atoms with van der Waals surface area (Å²) >= 11 is 1.71. The summed E-state index contributed by atoms with van der Waals surface area (Å²) in [4.78, 5) is 26.2. The highest BCUT2D eigenvalue weighted by molar-refractivity contribution is 7.98. The Morgan fingerprint density at radius 3 is 2.12 bits per heavy atom. The van der Waals surface area contributed by atoms with Crippen molar-refractivity contribution < 1.29 is 9.59 Å². The number of carbonyl (C=O) groups excluding carboxylic acids is 2. The van der Waals surface area contributed by atoms with Crippen molar-refractivity contribution in [3.63, 3.8) is 0 Å². The molecule has 5 aliphatic rings. The van der Waals surface area contributed by atoms with Crippen molar-refractivity contribution in [1.29, 1.82) is 0 Å². The Hall–Kier alpha value is -1.49. The van der Waals surface area contributed by atoms with E-state index in [9.17, 15) is 9.59 Å². The Bertz CT molecular complexity index is 839. The van der Waals surface area contributed by atoms with Gasteiger partial charge in [-0.2, -0.15) is 11.8 Å². The molecule has 186 valence electrons. The first-order valence-electron chi connectivity index (χ1n) is 13.6. The van der Waals surface area contributed by atoms with Crippen LogP contribution in [0.5, 0.6) is 0 Å². The van der Waals surface area contributed by atoms with E-state index in [-0.39, 0.29) is 17.9 Å². The topological polar surface area (TPSA) is 58.2 Å². The van der Waals surface area contributed by atoms with Crippen LogP contribution >= 0.6 is 11.8 Å². The van der Waals surface area contributed by atoms with Crippen molar-refractivity contribution in [2.24, 2.45) is 23.7 Å². The zero-order valence-electron chi connectivity index (χ0n) is 21.0. The molecule has 5 heteroatoms. The summed E-state index contributed by atoms with van der Waals surface area (Å²) in [6.07, 6.45) is 15.5. The first-order valence-corrected chi connectivity index (χ1v) is 15.0. The van der Waals surface area contributed by atoms with Crippen LogP contribution in [0.2, 0.25) is 0 Å². The van der Waals surface area contributed by atoms with Crippen molar-refractivity contribution in [3.8, 4) is 0 Å². The molecule has 6 rings (SSSR count). The molecule has 0 aliphatic heterocycles. The van der Waals surface area contributed by atoms with Crippen LogP contribution in [-0.2, 0) is 10.2 Å². The Balaban J connectivity index is 1.22. The summed E-state index contributed by atoms with van der Waals surface area (Å²) in [5.41, 5.74) is 2.45. The molecule has 4 bridgehead atoms. The maximum atomic E-state index is 13.1. The van der Waals surface area contributed by atoms with Crippen molar-refractivity contribution in [3.05, 3.63) is 35.4 Å². The zero-order chi connectivity index (χ0) is 23.7. The molecular weight excluding hydrogens is 440 g/mol. The third kappa shape index (κ3) is 5.20. The first-order chi connectivity index (χ1) is 16.4. The maximum Gasteiger partial charge on any atom is 0.251 e. The molecule has 34 heavy (non-hydrogen) atoms. The third-order valence-electron chi connectivity index (χ3n) is 9.39. The molecule has 2 amide bonds. The van der Waals surface area contributed by atoms with Crippen LogP contribution in [0.15, 0.2) is 24.3 Å². The normalized spacial score (nSPS) is 35.1. The first kappa shape index (κ1) is 24.2. The molecule has 1 aromatic carbocycles. The van der Waals surface area contributed by atoms with Gasteiger partial charge in [0.15, 0.2) is 0 Å². The van der Waals surface area contributed by atoms with Crippen LogP contribution in [0.3, 0.4) is 0 Å². The predicted octanol–water partition coefficient (Wildman–Crippen LogP) is 5.70. The lowest BCUT2D eigenvalue weighted by Crippen LogP contribution is -2.50. The molecule has 0 radical (unpaired) electrons. The number of amides is 2. The molecule has 2 N–H and O–H groups in total. The number of hydrogen-bond donors (Lipinski definition) is 2. The van der Waals surface area contributed by atoms with Crippen LogP contribution < -0.4 is 10.6 Å². The summed E-state index contributed by atoms with van der Waals surface area (Å²) in [5, 5.41) is 6.28. The van der Waals surface area contributed by atoms with Gasteiger partial charge in [-0.25, -0.2) is 0 Å². The Labute approximate surface area is 209 Å². The second-order valence-electron chi connectivity index (χ2n) is 12.0. The van der Waals surface area contributed by atoms with Crippen LogP contribution in [0.1, 0.15) is 93.5 Å². The third-order valence-corrected chi connectivity index (χ3v) is 10.0. The SMILES string of the molecule is CSCC[C@H](NC(=O)c1ccc(C23CC4CC(CC(C4)C2)C3)cc1)C(=O)NC1CCC(C)CC1. The average Bonchev–Trinajstić information content (AvgIpc) is 2.82. The summed E-state index contributed by atoms with van der Waals surface area (Å²) in [6.45, 7) is 2.29. The Morgan fingerprint density at radius 2 is 1.56 bits per heavy atom. The molecule has 0 spiro atoms. The lowest BCUT2D eigenvalue weighted by molar-refractivity contribution is -0.124. The van der Waals surface area contributed by atoms with Gasteiger partial charge in [-0.15, -0.1) is 0 Å². The molecule has 1 aromatic rings. The van der Waals surface area contributed by atoms with Crippen molar-refractivity contribution >= 4 is 23.6 Å². The molecule has 5 aliphatic carbocycles. The zero-order valence-corrected chi connectivity index (χ0v) is 21.8. The number of benzene rings is 1. The molecule has 4 nitrogen and oxygen atoms in total. The second-order valence-corrected chi connectivity index (χ2v) is 13.0. The minimum atomic E-state index is -0.470. The molecule has 0 heterocycles. The van der Waals surface area contributed by atoms with Gasteiger partial charge < -0.3 is 10.6 Å². The number of carbonyl (C=O) groups is 2. The van der Waals surface area contributed by atoms with Gasteiger partial charge in [-0.1, -0.05) is 19.1 Å². The van der Waals surface area contributed by atoms with Crippen LogP contribution in [0.25, 0.3) is 0 Å². The van der Waals surface area contributed by atoms with E-state index < -0.39 is 6.04 Å². The Kier molecular flexibility index (Phi) is 7.30. The van der Waals surface area contributed by atoms with Gasteiger partial charge in [0, 0.05) is 11.6 Å². The van der Waals surface area contributed by atoms with Crippen molar-refractivity contribution in [2.45, 2.75) is 95.1 Å². The van der Waals surface area contributed by atoms with Gasteiger partial charge in [0.05, 0.1) is 0 Å². The van der Waals surface area contributed by atoms with Crippen LogP contribution in [0, 0.1) is 23.7 Å². The standard InChI is InChI=1S/C29H42N2O2S/c1-19-3-9-25(10-4-19)30-28(33)26(11-12-34-2)31-27(32)23-5-7-24(8-6-23)29-16-20-13-21(17-29)15-22(14-20)18-29/h5-8,19-22,25-26H,3-4,9-18H2,1-2H3,(H,30,33)(H,31,32)/t19?,20?,21?,22?,25?,26-,29?/m0/s1. The molecule has 5 fully saturated rings. The fraction of sp³-hybridized carbons (Fsp3) is 0.724. The summed E-state index contributed by atoms with van der Waals surface area (Å²) in [7, 11) is 0. The van der Waals surface area contributed by atoms with E-state index in [2.05, 4.69) is 29.7 Å². The van der Waals surface area contributed by atoms with E-state index >= 15 is 0 Å². The molecule has 1 atom stereocenters. The van der Waals surface area contributed by atoms with E-state index in [4.69, 9.17) is 0 Å². The van der Waals surface area contributed by atoms with Crippen molar-refractivity contribution in [1.82, 2.24) is 10.6 Å². The van der Waals surface area contributed by atoms with Crippen LogP contribution in [0.4, 0.5) is 0 Å². The summed E-state index contributed by atoms with van der Waals surface area (Å²) < 4.78 is 0. The van der Waals surface area contributed by atoms with Gasteiger partial charge in [0.1, 0.15) is 6.04 Å². The maximum absolute atomic E-state index is 13.1. The lowest BCUT2D eigenvalue weighted by Gasteiger charge is -2.57. The van der Waals surface area contributed by atoms with Gasteiger partial charge in [-0.05, 0) is 129 Å². The smallest absolute Gasteiger partial charge is 0.251 e. The summed E-state index contributed by atoms with van der Waals surface area (Å²) in [5.74, 6) is 4.20. The lowest BCUT2D eigenvalue weighted by atomic mass is 9.48. The molecule has 0 aromatic heterocycles. The second kappa shape index (κ2) is 10.2. The predicted molar refractivity (Wildman–Crippen MR) is 140 cm³/mol. The van der Waals surface area contributed by atoms with Gasteiger partial charge in [-0.3, -0.25) is 9.59 Å². The van der Waals surface area contributed by atoms with Crippen molar-refractivity contribution in [2.75, 3.05) is 12.0 Å². The summed E-state index contributed by atoms with van der Waals surface area (Å²) in [6, 6.07) is 8.19. The van der Waals surface area contributed by atoms with E-state index in [1.165, 1.54) is 56.9 Å². The highest BCUT2D eigenvalue weighted by atomic mass is 32.2. The minimum absolute atomic E-state index is 0.0212. The van der Waals surface area contributed by atoms with Gasteiger partial charge in [0.2, 0.25) is 5.91 Å². The number of hydrogen-bond acceptors (Lipinski definition) is 3. The quantitative estimate of drug-likeness (QED) is 0.500. The largest absolute Gasteiger partial charge is 0.352 e. The van der Waals surface area contributed by atoms with Gasteiger partial charge in [0.25, 0.3) is 5.91 Å². The van der Waals surface area contributed by atoms with E-state index in [1.54, 1.807) is 11.8 Å². The fourth-order valence-electron chi connectivity index (χ4n) is 7.89. The highest BCUT2D eigenvalue weighted by Gasteiger charge is 2.51. The highest BCUT2D eigenvalue weighted by Crippen LogP contribution is 2.60. The molecule has 5 saturated carbocycles. The van der Waals surface area contributed by atoms with Crippen LogP contribution in [-0.4, -0.2) is 35.9 Å². The number of rotatable bonds is 8. The number of nitrogens with one attached hydrogen (secondary N) is 2. The van der Waals surface area contributed by atoms with E-state index in [0.717, 1.165) is 42.3 Å². The molecule has 0 saturated heterocycles. The van der Waals surface area contributed by atoms with E-state index in [1.807, 2.05) is 18.4 Å². The Morgan fingerprint density at radius 1 is 0.971 bits per heavy atom. The minimum Gasteiger partial charge on any atom is -0.352 e. The average molecular weight is 483 g/mol. The molecular formula is C29H42N2O2S. The fourth-order valence-corrected chi connectivity index (χ4v) is 8.36. The van der Waals surface area contributed by atoms with E-state index in [0.29, 0.717) is 17.4 Å².